The number of Topliss-reactive ketones (excluding diaryl/α,β-unsaturated/α-hetero) is 1. The van der Waals surface area contributed by atoms with Gasteiger partial charge >= 0.3 is 5.97 Å². The number of nitrogens with zero attached hydrogens (tertiary/aromatic N) is 1. The molecule has 0 spiro atoms. The minimum atomic E-state index is -0.343. The van der Waals surface area contributed by atoms with E-state index in [1.54, 1.807) is 0 Å². The summed E-state index contributed by atoms with van der Waals surface area (Å²) < 4.78 is 5.74. The van der Waals surface area contributed by atoms with E-state index in [4.69, 9.17) is 9.72 Å². The third-order valence-corrected chi connectivity index (χ3v) is 8.34. The molecule has 1 aromatic carbocycles. The third-order valence-electron chi connectivity index (χ3n) is 8.34. The van der Waals surface area contributed by atoms with Gasteiger partial charge in [0, 0.05) is 16.5 Å². The van der Waals surface area contributed by atoms with Gasteiger partial charge in [-0.1, -0.05) is 18.2 Å². The lowest BCUT2D eigenvalue weighted by molar-refractivity contribution is -0.147. The number of carbonyl (C=O) groups is 2. The van der Waals surface area contributed by atoms with Crippen LogP contribution in [-0.4, -0.2) is 23.3 Å². The largest absolute Gasteiger partial charge is 0.454 e. The molecule has 0 atom stereocenters. The van der Waals surface area contributed by atoms with Crippen molar-refractivity contribution in [2.45, 2.75) is 64.2 Å². The van der Waals surface area contributed by atoms with E-state index in [-0.39, 0.29) is 23.8 Å². The Hall–Kier alpha value is -2.23. The zero-order valence-electron chi connectivity index (χ0n) is 17.5. The number of aryl methyl sites for hydroxylation is 1. The number of pyridine rings is 1. The minimum absolute atomic E-state index is 0.0730. The lowest BCUT2D eigenvalue weighted by atomic mass is 9.48. The van der Waals surface area contributed by atoms with Crippen LogP contribution >= 0.6 is 0 Å². The van der Waals surface area contributed by atoms with E-state index < -0.39 is 0 Å². The Morgan fingerprint density at radius 2 is 1.63 bits per heavy atom. The van der Waals surface area contributed by atoms with Gasteiger partial charge in [-0.2, -0.15) is 0 Å². The van der Waals surface area contributed by atoms with Crippen molar-refractivity contribution in [2.75, 3.05) is 6.61 Å². The summed E-state index contributed by atoms with van der Waals surface area (Å²) in [4.78, 5) is 31.4. The summed E-state index contributed by atoms with van der Waals surface area (Å²) in [6.07, 6.45) is 10.9. The molecule has 1 aromatic heterocycles. The monoisotopic (exact) mass is 403 g/mol. The zero-order valence-corrected chi connectivity index (χ0v) is 17.5. The maximum atomic E-state index is 13.3. The van der Waals surface area contributed by atoms with E-state index in [0.29, 0.717) is 23.3 Å². The molecule has 5 aliphatic carbocycles. The van der Waals surface area contributed by atoms with Gasteiger partial charge in [0.1, 0.15) is 0 Å². The first-order chi connectivity index (χ1) is 14.6. The van der Waals surface area contributed by atoms with E-state index in [9.17, 15) is 9.59 Å². The molecule has 5 aliphatic rings. The Balaban J connectivity index is 1.26. The second-order valence-corrected chi connectivity index (χ2v) is 10.3. The fourth-order valence-corrected chi connectivity index (χ4v) is 7.41. The first-order valence-electron chi connectivity index (χ1n) is 11.7. The number of fused-ring (bicyclic) bond motifs is 2. The molecule has 4 fully saturated rings. The lowest BCUT2D eigenvalue weighted by Gasteiger charge is -2.55. The maximum absolute atomic E-state index is 13.3. The van der Waals surface area contributed by atoms with Crippen LogP contribution in [0.2, 0.25) is 0 Å². The van der Waals surface area contributed by atoms with Crippen molar-refractivity contribution in [2.24, 2.45) is 23.2 Å². The van der Waals surface area contributed by atoms with Crippen LogP contribution in [0.25, 0.3) is 10.9 Å². The molecular formula is C26H29NO3. The molecule has 30 heavy (non-hydrogen) atoms. The molecule has 156 valence electrons. The van der Waals surface area contributed by atoms with Crippen LogP contribution in [-0.2, 0) is 22.4 Å². The average molecular weight is 404 g/mol. The molecular weight excluding hydrogens is 374 g/mol. The SMILES string of the molecule is O=C(OCC(=O)C12CC3CC(CC(C3)C1)C2)c1c2c(nc3ccccc13)CCCC2. The van der Waals surface area contributed by atoms with Crippen molar-refractivity contribution >= 4 is 22.7 Å². The highest BCUT2D eigenvalue weighted by atomic mass is 16.5. The standard InChI is InChI=1S/C26H29NO3/c28-23(26-12-16-9-17(13-26)11-18(10-16)14-26)15-30-25(29)24-19-5-1-3-7-21(19)27-22-8-4-2-6-20(22)24/h1,3,5,7,16-18H,2,4,6,8-15H2. The topological polar surface area (TPSA) is 56.3 Å². The van der Waals surface area contributed by atoms with Gasteiger partial charge < -0.3 is 4.74 Å². The van der Waals surface area contributed by atoms with Gasteiger partial charge in [0.15, 0.2) is 12.4 Å². The number of carbonyl (C=O) groups excluding carboxylic acids is 2. The highest BCUT2D eigenvalue weighted by molar-refractivity contribution is 6.05. The van der Waals surface area contributed by atoms with Crippen LogP contribution in [0, 0.1) is 23.2 Å². The maximum Gasteiger partial charge on any atom is 0.339 e. The number of ketones is 1. The number of aromatic nitrogens is 1. The molecule has 1 heterocycles. The predicted octanol–water partition coefficient (Wildman–Crippen LogP) is 5.06. The van der Waals surface area contributed by atoms with Crippen molar-refractivity contribution in [3.8, 4) is 0 Å². The molecule has 7 rings (SSSR count). The smallest absolute Gasteiger partial charge is 0.339 e. The van der Waals surface area contributed by atoms with Crippen molar-refractivity contribution in [3.05, 3.63) is 41.1 Å². The number of ether oxygens (including phenoxy) is 1. The highest BCUT2D eigenvalue weighted by Crippen LogP contribution is 2.60. The van der Waals surface area contributed by atoms with E-state index in [1.165, 1.54) is 19.3 Å². The van der Waals surface area contributed by atoms with Crippen LogP contribution in [0.1, 0.15) is 73.0 Å². The molecule has 4 saturated carbocycles. The quantitative estimate of drug-likeness (QED) is 0.670. The number of rotatable bonds is 4. The van der Waals surface area contributed by atoms with Gasteiger partial charge in [0.25, 0.3) is 0 Å². The summed E-state index contributed by atoms with van der Waals surface area (Å²) in [7, 11) is 0. The summed E-state index contributed by atoms with van der Waals surface area (Å²) in [5.41, 5.74) is 3.34. The van der Waals surface area contributed by atoms with E-state index >= 15 is 0 Å². The average Bonchev–Trinajstić information content (AvgIpc) is 2.74. The number of benzene rings is 1. The van der Waals surface area contributed by atoms with Gasteiger partial charge in [0.05, 0.1) is 11.1 Å². The lowest BCUT2D eigenvalue weighted by Crippen LogP contribution is -2.51. The summed E-state index contributed by atoms with van der Waals surface area (Å²) in [5.74, 6) is 1.97. The van der Waals surface area contributed by atoms with Gasteiger partial charge in [-0.15, -0.1) is 0 Å². The summed E-state index contributed by atoms with van der Waals surface area (Å²) in [6.45, 7) is -0.0730. The first kappa shape index (κ1) is 18.5. The van der Waals surface area contributed by atoms with Crippen LogP contribution < -0.4 is 0 Å². The van der Waals surface area contributed by atoms with Crippen LogP contribution in [0.4, 0.5) is 0 Å². The third kappa shape index (κ3) is 2.91. The molecule has 4 heteroatoms. The molecule has 0 aliphatic heterocycles. The Kier molecular flexibility index (Phi) is 4.26. The van der Waals surface area contributed by atoms with Crippen molar-refractivity contribution in [1.29, 1.82) is 0 Å². The van der Waals surface area contributed by atoms with Gasteiger partial charge in [0.2, 0.25) is 0 Å². The van der Waals surface area contributed by atoms with Gasteiger partial charge in [-0.3, -0.25) is 9.78 Å². The number of para-hydroxylation sites is 1. The molecule has 2 aromatic rings. The fraction of sp³-hybridized carbons (Fsp3) is 0.577. The molecule has 0 amide bonds. The minimum Gasteiger partial charge on any atom is -0.454 e. The number of esters is 1. The normalized spacial score (nSPS) is 31.5. The molecule has 4 nitrogen and oxygen atoms in total. The van der Waals surface area contributed by atoms with Crippen molar-refractivity contribution in [3.63, 3.8) is 0 Å². The second kappa shape index (κ2) is 6.90. The first-order valence-corrected chi connectivity index (χ1v) is 11.7. The van der Waals surface area contributed by atoms with Crippen LogP contribution in [0.3, 0.4) is 0 Å². The van der Waals surface area contributed by atoms with Gasteiger partial charge in [-0.05, 0) is 93.6 Å². The Morgan fingerprint density at radius 3 is 2.37 bits per heavy atom. The molecule has 0 N–H and O–H groups in total. The Labute approximate surface area is 177 Å². The Morgan fingerprint density at radius 1 is 0.967 bits per heavy atom. The molecule has 4 bridgehead atoms. The highest BCUT2D eigenvalue weighted by Gasteiger charge is 2.54. The summed E-state index contributed by atoms with van der Waals surface area (Å²) >= 11 is 0. The number of hydrogen-bond donors (Lipinski definition) is 0. The molecule has 0 saturated heterocycles. The summed E-state index contributed by atoms with van der Waals surface area (Å²) in [6, 6.07) is 7.81. The van der Waals surface area contributed by atoms with Crippen molar-refractivity contribution < 1.29 is 14.3 Å². The second-order valence-electron chi connectivity index (χ2n) is 10.3. The van der Waals surface area contributed by atoms with E-state index in [1.807, 2.05) is 24.3 Å². The fourth-order valence-electron chi connectivity index (χ4n) is 7.41. The number of hydrogen-bond acceptors (Lipinski definition) is 4. The van der Waals surface area contributed by atoms with Crippen LogP contribution in [0.15, 0.2) is 24.3 Å². The molecule has 0 unspecified atom stereocenters. The van der Waals surface area contributed by atoms with E-state index in [2.05, 4.69) is 0 Å². The van der Waals surface area contributed by atoms with Crippen molar-refractivity contribution in [1.82, 2.24) is 4.98 Å². The zero-order chi connectivity index (χ0) is 20.3. The molecule has 0 radical (unpaired) electrons. The predicted molar refractivity (Wildman–Crippen MR) is 114 cm³/mol. The van der Waals surface area contributed by atoms with E-state index in [0.717, 1.165) is 67.1 Å². The van der Waals surface area contributed by atoms with Crippen LogP contribution in [0.5, 0.6) is 0 Å². The Bertz CT molecular complexity index is 1000. The van der Waals surface area contributed by atoms with Gasteiger partial charge in [-0.25, -0.2) is 4.79 Å². The summed E-state index contributed by atoms with van der Waals surface area (Å²) in [5, 5.41) is 0.852.